The summed E-state index contributed by atoms with van der Waals surface area (Å²) in [6.07, 6.45) is 1.18. The van der Waals surface area contributed by atoms with E-state index in [2.05, 4.69) is 30.8 Å². The number of carbonyl (C=O) groups excluding carboxylic acids is 1. The van der Waals surface area contributed by atoms with Gasteiger partial charge in [0.2, 0.25) is 0 Å². The molecule has 30 heavy (non-hydrogen) atoms. The lowest BCUT2D eigenvalue weighted by molar-refractivity contribution is -0.138. The Balaban J connectivity index is 2.27. The zero-order valence-corrected chi connectivity index (χ0v) is 18.2. The van der Waals surface area contributed by atoms with Crippen molar-refractivity contribution >= 4 is 27.4 Å². The predicted molar refractivity (Wildman–Crippen MR) is 116 cm³/mol. The Morgan fingerprint density at radius 3 is 2.23 bits per heavy atom. The number of nitriles is 1. The molecule has 0 saturated carbocycles. The average molecular weight is 428 g/mol. The molecule has 0 aromatic heterocycles. The summed E-state index contributed by atoms with van der Waals surface area (Å²) in [5.41, 5.74) is 1.36. The number of rotatable bonds is 7. The third-order valence-electron chi connectivity index (χ3n) is 4.19. The van der Waals surface area contributed by atoms with Gasteiger partial charge in [-0.05, 0) is 42.2 Å². The van der Waals surface area contributed by atoms with Crippen molar-refractivity contribution in [2.45, 2.75) is 38.0 Å². The molecule has 0 aliphatic carbocycles. The first kappa shape index (κ1) is 23.0. The number of nitrogens with one attached hydrogen (secondary N) is 2. The van der Waals surface area contributed by atoms with Crippen LogP contribution in [-0.4, -0.2) is 21.0 Å². The average Bonchev–Trinajstić information content (AvgIpc) is 2.69. The number of anilines is 2. The Kier molecular flexibility index (Phi) is 7.24. The van der Waals surface area contributed by atoms with Crippen LogP contribution >= 0.6 is 0 Å². The molecule has 0 aliphatic heterocycles. The van der Waals surface area contributed by atoms with Crippen LogP contribution in [0.3, 0.4) is 0 Å². The highest BCUT2D eigenvalue weighted by molar-refractivity contribution is 7.92. The fourth-order valence-electron chi connectivity index (χ4n) is 2.53. The van der Waals surface area contributed by atoms with Crippen LogP contribution in [0.25, 0.3) is 0 Å². The van der Waals surface area contributed by atoms with Crippen LogP contribution < -0.4 is 10.0 Å². The van der Waals surface area contributed by atoms with Crippen LogP contribution in [0.5, 0.6) is 0 Å². The van der Waals surface area contributed by atoms with Gasteiger partial charge in [-0.15, -0.1) is 0 Å². The van der Waals surface area contributed by atoms with Gasteiger partial charge in [-0.3, -0.25) is 4.72 Å². The number of hydrogen-bond acceptors (Lipinski definition) is 6. The summed E-state index contributed by atoms with van der Waals surface area (Å²) in [4.78, 5) is 11.9. The lowest BCUT2D eigenvalue weighted by atomic mass is 9.87. The maximum Gasteiger partial charge on any atom is 0.350 e. The number of sulfonamides is 1. The fourth-order valence-corrected chi connectivity index (χ4v) is 3.61. The van der Waals surface area contributed by atoms with Gasteiger partial charge < -0.3 is 10.1 Å². The Bertz CT molecular complexity index is 1080. The summed E-state index contributed by atoms with van der Waals surface area (Å²) in [6.45, 7) is 7.93. The molecule has 0 aliphatic rings. The number of nitrogens with zero attached hydrogens (tertiary/aromatic N) is 1. The van der Waals surface area contributed by atoms with E-state index < -0.39 is 16.0 Å². The highest BCUT2D eigenvalue weighted by Crippen LogP contribution is 2.27. The Morgan fingerprint density at radius 1 is 1.10 bits per heavy atom. The van der Waals surface area contributed by atoms with Crippen molar-refractivity contribution in [1.82, 2.24) is 0 Å². The molecule has 0 radical (unpaired) electrons. The third kappa shape index (κ3) is 5.84. The zero-order chi connectivity index (χ0) is 22.4. The minimum absolute atomic E-state index is 0.0874. The van der Waals surface area contributed by atoms with E-state index in [9.17, 15) is 13.2 Å². The molecule has 2 N–H and O–H groups in total. The van der Waals surface area contributed by atoms with Crippen molar-refractivity contribution in [3.63, 3.8) is 0 Å². The number of carbonyl (C=O) groups is 1. The summed E-state index contributed by atoms with van der Waals surface area (Å²) in [7, 11) is -3.83. The van der Waals surface area contributed by atoms with Crippen molar-refractivity contribution in [3.05, 3.63) is 65.9 Å². The molecule has 0 spiro atoms. The second-order valence-electron chi connectivity index (χ2n) is 7.46. The van der Waals surface area contributed by atoms with Gasteiger partial charge in [-0.25, -0.2) is 13.2 Å². The van der Waals surface area contributed by atoms with Gasteiger partial charge in [-0.2, -0.15) is 5.26 Å². The topological polar surface area (TPSA) is 108 Å². The van der Waals surface area contributed by atoms with E-state index in [1.807, 2.05) is 0 Å². The lowest BCUT2D eigenvalue weighted by Crippen LogP contribution is -2.15. The number of para-hydroxylation sites is 2. The molecule has 158 valence electrons. The minimum atomic E-state index is -3.83. The first-order valence-electron chi connectivity index (χ1n) is 9.35. The number of esters is 1. The molecular formula is C22H25N3O4S. The number of ether oxygens (including phenoxy) is 1. The van der Waals surface area contributed by atoms with E-state index in [0.717, 1.165) is 5.56 Å². The van der Waals surface area contributed by atoms with Crippen molar-refractivity contribution in [2.24, 2.45) is 0 Å². The van der Waals surface area contributed by atoms with Crippen molar-refractivity contribution in [3.8, 4) is 6.07 Å². The first-order chi connectivity index (χ1) is 14.1. The molecule has 8 heteroatoms. The van der Waals surface area contributed by atoms with Gasteiger partial charge >= 0.3 is 5.97 Å². The molecule has 0 bridgehead atoms. The fraction of sp³-hybridized carbons (Fsp3) is 0.273. The quantitative estimate of drug-likeness (QED) is 0.390. The van der Waals surface area contributed by atoms with Crippen LogP contribution in [0.4, 0.5) is 11.4 Å². The van der Waals surface area contributed by atoms with Gasteiger partial charge in [0.1, 0.15) is 6.07 Å². The SMILES string of the molecule is CCOC(=O)/C(C#N)=C/Nc1ccccc1NS(=O)(=O)c1ccc(C(C)(C)C)cc1. The van der Waals surface area contributed by atoms with Gasteiger partial charge in [-0.1, -0.05) is 45.0 Å². The second kappa shape index (κ2) is 9.46. The van der Waals surface area contributed by atoms with Crippen LogP contribution in [-0.2, 0) is 25.0 Å². The smallest absolute Gasteiger partial charge is 0.350 e. The molecule has 0 heterocycles. The van der Waals surface area contributed by atoms with E-state index in [0.29, 0.717) is 5.69 Å². The van der Waals surface area contributed by atoms with E-state index in [1.54, 1.807) is 61.5 Å². The Hall–Kier alpha value is -3.31. The molecule has 0 amide bonds. The van der Waals surface area contributed by atoms with Gasteiger partial charge in [0.05, 0.1) is 22.9 Å². The predicted octanol–water partition coefficient (Wildman–Crippen LogP) is 4.17. The molecule has 2 aromatic rings. The maximum absolute atomic E-state index is 12.8. The first-order valence-corrected chi connectivity index (χ1v) is 10.8. The van der Waals surface area contributed by atoms with E-state index in [4.69, 9.17) is 10.00 Å². The molecule has 0 fully saturated rings. The minimum Gasteiger partial charge on any atom is -0.462 e. The van der Waals surface area contributed by atoms with Crippen LogP contribution in [0, 0.1) is 11.3 Å². The van der Waals surface area contributed by atoms with Gasteiger partial charge in [0, 0.05) is 6.20 Å². The number of benzene rings is 2. The molecule has 7 nitrogen and oxygen atoms in total. The monoisotopic (exact) mass is 427 g/mol. The molecule has 0 unspecified atom stereocenters. The van der Waals surface area contributed by atoms with Crippen molar-refractivity contribution in [2.75, 3.05) is 16.6 Å². The molecule has 2 aromatic carbocycles. The number of hydrogen-bond donors (Lipinski definition) is 2. The summed E-state index contributed by atoms with van der Waals surface area (Å²) in [5.74, 6) is -0.760. The van der Waals surface area contributed by atoms with Crippen LogP contribution in [0.15, 0.2) is 65.2 Å². The van der Waals surface area contributed by atoms with Crippen molar-refractivity contribution < 1.29 is 17.9 Å². The summed E-state index contributed by atoms with van der Waals surface area (Å²) in [6, 6.07) is 15.0. The third-order valence-corrected chi connectivity index (χ3v) is 5.57. The molecule has 0 atom stereocenters. The summed E-state index contributed by atoms with van der Waals surface area (Å²) < 4.78 is 33.0. The Morgan fingerprint density at radius 2 is 1.70 bits per heavy atom. The molecular weight excluding hydrogens is 402 g/mol. The van der Waals surface area contributed by atoms with Crippen LogP contribution in [0.2, 0.25) is 0 Å². The molecule has 2 rings (SSSR count). The van der Waals surface area contributed by atoms with E-state index in [1.165, 1.54) is 6.20 Å². The Labute approximate surface area is 177 Å². The maximum atomic E-state index is 12.8. The highest BCUT2D eigenvalue weighted by Gasteiger charge is 2.19. The normalized spacial score (nSPS) is 12.0. The summed E-state index contributed by atoms with van der Waals surface area (Å²) in [5, 5.41) is 11.9. The van der Waals surface area contributed by atoms with Gasteiger partial charge in [0.15, 0.2) is 5.57 Å². The highest BCUT2D eigenvalue weighted by atomic mass is 32.2. The van der Waals surface area contributed by atoms with E-state index >= 15 is 0 Å². The second-order valence-corrected chi connectivity index (χ2v) is 9.14. The van der Waals surface area contributed by atoms with Crippen molar-refractivity contribution in [1.29, 1.82) is 5.26 Å². The largest absolute Gasteiger partial charge is 0.462 e. The standard InChI is InChI=1S/C22H25N3O4S/c1-5-29-21(26)16(14-23)15-24-19-8-6-7-9-20(19)25-30(27,28)18-12-10-17(11-13-18)22(2,3)4/h6-13,15,24-25H,5H2,1-4H3/b16-15+. The van der Waals surface area contributed by atoms with Gasteiger partial charge in [0.25, 0.3) is 10.0 Å². The van der Waals surface area contributed by atoms with E-state index in [-0.39, 0.29) is 28.2 Å². The van der Waals surface area contributed by atoms with Crippen LogP contribution in [0.1, 0.15) is 33.3 Å². The molecule has 0 saturated heterocycles. The summed E-state index contributed by atoms with van der Waals surface area (Å²) >= 11 is 0. The zero-order valence-electron chi connectivity index (χ0n) is 17.4. The lowest BCUT2D eigenvalue weighted by Gasteiger charge is -2.19.